The zero-order valence-corrected chi connectivity index (χ0v) is 17.2. The van der Waals surface area contributed by atoms with Crippen LogP contribution in [-0.2, 0) is 19.1 Å². The van der Waals surface area contributed by atoms with Crippen LogP contribution in [0.2, 0.25) is 0 Å². The number of esters is 1. The van der Waals surface area contributed by atoms with Crippen molar-refractivity contribution >= 4 is 11.9 Å². The summed E-state index contributed by atoms with van der Waals surface area (Å²) in [6, 6.07) is 9.52. The van der Waals surface area contributed by atoms with Gasteiger partial charge in [-0.05, 0) is 39.7 Å². The lowest BCUT2D eigenvalue weighted by molar-refractivity contribution is -0.152. The number of carbonyl (C=O) groups excluding carboxylic acids is 2. The van der Waals surface area contributed by atoms with E-state index in [0.717, 1.165) is 12.0 Å². The second kappa shape index (κ2) is 8.40. The predicted molar refractivity (Wildman–Crippen MR) is 104 cm³/mol. The first-order valence-electron chi connectivity index (χ1n) is 9.54. The Hall–Kier alpha value is -1.92. The van der Waals surface area contributed by atoms with Gasteiger partial charge in [0.05, 0.1) is 25.8 Å². The monoisotopic (exact) mass is 376 g/mol. The van der Waals surface area contributed by atoms with Gasteiger partial charge in [-0.25, -0.2) is 4.79 Å². The van der Waals surface area contributed by atoms with E-state index in [1.54, 1.807) is 6.92 Å². The number of methoxy groups -OCH3 is 1. The lowest BCUT2D eigenvalue weighted by Gasteiger charge is -2.39. The first kappa shape index (κ1) is 21.4. The van der Waals surface area contributed by atoms with Gasteiger partial charge in [-0.3, -0.25) is 9.69 Å². The van der Waals surface area contributed by atoms with E-state index in [0.29, 0.717) is 13.0 Å². The summed E-state index contributed by atoms with van der Waals surface area (Å²) in [6.45, 7) is 9.98. The number of rotatable bonds is 7. The average Bonchev–Trinajstić information content (AvgIpc) is 2.96. The maximum Gasteiger partial charge on any atom is 0.331 e. The molecular formula is C21H32N2O4. The molecule has 0 radical (unpaired) electrons. The van der Waals surface area contributed by atoms with Crippen LogP contribution < -0.4 is 5.32 Å². The summed E-state index contributed by atoms with van der Waals surface area (Å²) >= 11 is 0. The average molecular weight is 376 g/mol. The van der Waals surface area contributed by atoms with Gasteiger partial charge in [0.1, 0.15) is 11.3 Å². The summed E-state index contributed by atoms with van der Waals surface area (Å²) in [5.74, 6) is -0.641. The standard InChI is InChI=1S/C21H32N2O4/c1-7-13-21(5,19(25)26-6)22-18(24)15(2)23-17(14-27-20(23,3)4)16-11-9-8-10-12-16/h8-12,15,17H,7,13-14H2,1-6H3,(H,22,24)/t15-,17-,21+/m1/s1. The van der Waals surface area contributed by atoms with Gasteiger partial charge in [-0.2, -0.15) is 0 Å². The summed E-state index contributed by atoms with van der Waals surface area (Å²) in [7, 11) is 1.34. The van der Waals surface area contributed by atoms with Crippen molar-refractivity contribution in [1.82, 2.24) is 10.2 Å². The van der Waals surface area contributed by atoms with Crippen LogP contribution in [-0.4, -0.2) is 47.8 Å². The zero-order valence-electron chi connectivity index (χ0n) is 17.2. The summed E-state index contributed by atoms with van der Waals surface area (Å²) in [5.41, 5.74) is -0.530. The number of hydrogen-bond acceptors (Lipinski definition) is 5. The fourth-order valence-electron chi connectivity index (χ4n) is 3.92. The number of nitrogens with one attached hydrogen (secondary N) is 1. The molecule has 1 saturated heterocycles. The highest BCUT2D eigenvalue weighted by atomic mass is 16.5. The number of amides is 1. The van der Waals surface area contributed by atoms with Crippen molar-refractivity contribution < 1.29 is 19.1 Å². The van der Waals surface area contributed by atoms with Crippen LogP contribution in [0, 0.1) is 0 Å². The lowest BCUT2D eigenvalue weighted by Crippen LogP contribution is -2.59. The molecule has 3 atom stereocenters. The van der Waals surface area contributed by atoms with Crippen molar-refractivity contribution in [1.29, 1.82) is 0 Å². The molecule has 150 valence electrons. The molecule has 1 amide bonds. The second-order valence-corrected chi connectivity index (χ2v) is 7.83. The number of hydrogen-bond donors (Lipinski definition) is 1. The van der Waals surface area contributed by atoms with Crippen LogP contribution in [0.4, 0.5) is 0 Å². The minimum Gasteiger partial charge on any atom is -0.467 e. The smallest absolute Gasteiger partial charge is 0.331 e. The molecule has 1 aliphatic rings. The predicted octanol–water partition coefficient (Wildman–Crippen LogP) is 3.03. The molecule has 0 bridgehead atoms. The SMILES string of the molecule is CCC[C@](C)(NC(=O)[C@@H](C)N1[C@@H](c2ccccc2)COC1(C)C)C(=O)OC. The van der Waals surface area contributed by atoms with E-state index in [4.69, 9.17) is 9.47 Å². The molecule has 0 unspecified atom stereocenters. The minimum absolute atomic E-state index is 0.0301. The quantitative estimate of drug-likeness (QED) is 0.741. The molecule has 1 aromatic carbocycles. The van der Waals surface area contributed by atoms with Gasteiger partial charge < -0.3 is 14.8 Å². The van der Waals surface area contributed by atoms with E-state index in [2.05, 4.69) is 10.2 Å². The van der Waals surface area contributed by atoms with Gasteiger partial charge >= 0.3 is 5.97 Å². The summed E-state index contributed by atoms with van der Waals surface area (Å²) < 4.78 is 10.9. The molecule has 0 saturated carbocycles. The van der Waals surface area contributed by atoms with Crippen molar-refractivity contribution in [2.24, 2.45) is 0 Å². The van der Waals surface area contributed by atoms with Gasteiger partial charge in [-0.1, -0.05) is 43.7 Å². The number of nitrogens with zero attached hydrogens (tertiary/aromatic N) is 1. The topological polar surface area (TPSA) is 67.9 Å². The van der Waals surface area contributed by atoms with Gasteiger partial charge in [0, 0.05) is 0 Å². The van der Waals surface area contributed by atoms with Crippen LogP contribution in [0.5, 0.6) is 0 Å². The van der Waals surface area contributed by atoms with Crippen LogP contribution in [0.3, 0.4) is 0 Å². The van der Waals surface area contributed by atoms with Crippen LogP contribution in [0.15, 0.2) is 30.3 Å². The Bertz CT molecular complexity index is 661. The van der Waals surface area contributed by atoms with E-state index in [1.807, 2.05) is 58.0 Å². The van der Waals surface area contributed by atoms with Crippen LogP contribution in [0.25, 0.3) is 0 Å². The van der Waals surface area contributed by atoms with E-state index >= 15 is 0 Å². The molecule has 2 rings (SSSR count). The molecular weight excluding hydrogens is 344 g/mol. The summed E-state index contributed by atoms with van der Waals surface area (Å²) in [5, 5.41) is 2.92. The maximum absolute atomic E-state index is 13.1. The summed E-state index contributed by atoms with van der Waals surface area (Å²) in [4.78, 5) is 27.4. The largest absolute Gasteiger partial charge is 0.467 e. The third-order valence-electron chi connectivity index (χ3n) is 5.32. The van der Waals surface area contributed by atoms with Crippen molar-refractivity contribution in [2.45, 2.75) is 70.8 Å². The van der Waals surface area contributed by atoms with Crippen molar-refractivity contribution in [3.05, 3.63) is 35.9 Å². The van der Waals surface area contributed by atoms with Crippen LogP contribution >= 0.6 is 0 Å². The highest BCUT2D eigenvalue weighted by Gasteiger charge is 2.47. The Balaban J connectivity index is 2.25. The highest BCUT2D eigenvalue weighted by Crippen LogP contribution is 2.38. The molecule has 1 fully saturated rings. The third-order valence-corrected chi connectivity index (χ3v) is 5.32. The first-order valence-corrected chi connectivity index (χ1v) is 9.54. The lowest BCUT2D eigenvalue weighted by atomic mass is 9.95. The van der Waals surface area contributed by atoms with Crippen molar-refractivity contribution in [2.75, 3.05) is 13.7 Å². The van der Waals surface area contributed by atoms with Crippen molar-refractivity contribution in [3.63, 3.8) is 0 Å². The minimum atomic E-state index is -1.04. The number of ether oxygens (including phenoxy) is 2. The molecule has 1 aromatic rings. The molecule has 27 heavy (non-hydrogen) atoms. The van der Waals surface area contributed by atoms with E-state index < -0.39 is 23.3 Å². The van der Waals surface area contributed by atoms with Crippen LogP contribution in [0.1, 0.15) is 59.1 Å². The molecule has 1 aliphatic heterocycles. The van der Waals surface area contributed by atoms with Gasteiger partial charge in [0.15, 0.2) is 0 Å². The second-order valence-electron chi connectivity index (χ2n) is 7.83. The van der Waals surface area contributed by atoms with E-state index in [9.17, 15) is 9.59 Å². The first-order chi connectivity index (χ1) is 12.7. The Kier molecular flexibility index (Phi) is 6.65. The van der Waals surface area contributed by atoms with Gasteiger partial charge in [0.2, 0.25) is 5.91 Å². The fraction of sp³-hybridized carbons (Fsp3) is 0.619. The molecule has 6 heteroatoms. The zero-order chi connectivity index (χ0) is 20.2. The van der Waals surface area contributed by atoms with E-state index in [1.165, 1.54) is 7.11 Å². The molecule has 0 aliphatic carbocycles. The molecule has 0 spiro atoms. The molecule has 1 heterocycles. The number of carbonyl (C=O) groups is 2. The van der Waals surface area contributed by atoms with Crippen molar-refractivity contribution in [3.8, 4) is 0 Å². The normalized spacial score (nSPS) is 22.7. The Morgan fingerprint density at radius 3 is 2.56 bits per heavy atom. The third kappa shape index (κ3) is 4.50. The van der Waals surface area contributed by atoms with E-state index in [-0.39, 0.29) is 11.9 Å². The number of benzene rings is 1. The highest BCUT2D eigenvalue weighted by molar-refractivity contribution is 5.90. The summed E-state index contributed by atoms with van der Waals surface area (Å²) in [6.07, 6.45) is 1.27. The maximum atomic E-state index is 13.1. The van der Waals surface area contributed by atoms with Gasteiger partial charge in [-0.15, -0.1) is 0 Å². The van der Waals surface area contributed by atoms with Gasteiger partial charge in [0.25, 0.3) is 0 Å². The molecule has 1 N–H and O–H groups in total. The Morgan fingerprint density at radius 2 is 2.00 bits per heavy atom. The Labute approximate surface area is 162 Å². The fourth-order valence-corrected chi connectivity index (χ4v) is 3.92. The molecule has 6 nitrogen and oxygen atoms in total. The molecule has 0 aromatic heterocycles. The Morgan fingerprint density at radius 1 is 1.37 bits per heavy atom.